The molecule has 7 nitrogen and oxygen atoms in total. The topological polar surface area (TPSA) is 90.3 Å². The Morgan fingerprint density at radius 3 is 2.21 bits per heavy atom. The van der Waals surface area contributed by atoms with Gasteiger partial charge in [0, 0.05) is 18.0 Å². The number of nitrogens with one attached hydrogen (secondary N) is 1. The van der Waals surface area contributed by atoms with Crippen molar-refractivity contribution in [2.45, 2.75) is 17.9 Å². The van der Waals surface area contributed by atoms with Crippen molar-refractivity contribution >= 4 is 15.7 Å². The highest BCUT2D eigenvalue weighted by Crippen LogP contribution is 2.27. The highest BCUT2D eigenvalue weighted by molar-refractivity contribution is 7.90. The van der Waals surface area contributed by atoms with E-state index in [9.17, 15) is 13.2 Å². The van der Waals surface area contributed by atoms with E-state index in [-0.39, 0.29) is 16.8 Å². The zero-order valence-electron chi connectivity index (χ0n) is 19.1. The number of rotatable bonds is 7. The maximum Gasteiger partial charge on any atom is 0.255 e. The highest BCUT2D eigenvalue weighted by atomic mass is 32.2. The molecule has 0 fully saturated rings. The molecule has 174 valence electrons. The van der Waals surface area contributed by atoms with Crippen molar-refractivity contribution in [3.05, 3.63) is 96.2 Å². The lowest BCUT2D eigenvalue weighted by Crippen LogP contribution is -2.26. The van der Waals surface area contributed by atoms with E-state index in [0.717, 1.165) is 23.1 Å². The number of hydrogen-bond acceptors (Lipinski definition) is 5. The summed E-state index contributed by atoms with van der Waals surface area (Å²) in [4.78, 5) is 13.6. The van der Waals surface area contributed by atoms with Gasteiger partial charge in [0.05, 0.1) is 29.3 Å². The molecule has 4 aromatic rings. The largest absolute Gasteiger partial charge is 0.497 e. The maximum absolute atomic E-state index is 13.3. The van der Waals surface area contributed by atoms with Crippen LogP contribution in [0.15, 0.2) is 90.0 Å². The fourth-order valence-electron chi connectivity index (χ4n) is 3.58. The lowest BCUT2D eigenvalue weighted by Gasteiger charge is -2.15. The Morgan fingerprint density at radius 2 is 1.62 bits per heavy atom. The number of sulfone groups is 1. The van der Waals surface area contributed by atoms with Crippen LogP contribution in [0.25, 0.3) is 16.9 Å². The van der Waals surface area contributed by atoms with Gasteiger partial charge in [0.1, 0.15) is 11.4 Å². The third-order valence-electron chi connectivity index (χ3n) is 5.50. The van der Waals surface area contributed by atoms with Crippen LogP contribution in [0, 0.1) is 0 Å². The molecule has 0 spiro atoms. The molecule has 1 aromatic heterocycles. The van der Waals surface area contributed by atoms with Crippen LogP contribution in [0.2, 0.25) is 0 Å². The molecule has 4 rings (SSSR count). The molecule has 0 saturated carbocycles. The third kappa shape index (κ3) is 5.02. The predicted octanol–water partition coefficient (Wildman–Crippen LogP) is 4.44. The average molecular weight is 476 g/mol. The number of para-hydroxylation sites is 1. The van der Waals surface area contributed by atoms with Crippen molar-refractivity contribution in [3.8, 4) is 22.7 Å². The SMILES string of the molecule is COc1ccc(-c2nn(-c3ccccc3)cc2C(=O)NC(C)c2ccc(S(C)(=O)=O)cc2)cc1. The van der Waals surface area contributed by atoms with Gasteiger partial charge in [-0.3, -0.25) is 4.79 Å². The molecule has 0 radical (unpaired) electrons. The van der Waals surface area contributed by atoms with Gasteiger partial charge in [0.15, 0.2) is 9.84 Å². The van der Waals surface area contributed by atoms with E-state index < -0.39 is 9.84 Å². The Bertz CT molecular complexity index is 1390. The smallest absolute Gasteiger partial charge is 0.255 e. The second kappa shape index (κ2) is 9.52. The lowest BCUT2D eigenvalue weighted by atomic mass is 10.1. The molecule has 1 amide bonds. The first-order chi connectivity index (χ1) is 16.3. The summed E-state index contributed by atoms with van der Waals surface area (Å²) in [6, 6.07) is 23.1. The summed E-state index contributed by atoms with van der Waals surface area (Å²) in [7, 11) is -1.68. The Labute approximate surface area is 198 Å². The van der Waals surface area contributed by atoms with Crippen molar-refractivity contribution < 1.29 is 17.9 Å². The Hall–Kier alpha value is -3.91. The van der Waals surface area contributed by atoms with Gasteiger partial charge in [-0.1, -0.05) is 30.3 Å². The van der Waals surface area contributed by atoms with Gasteiger partial charge in [-0.25, -0.2) is 13.1 Å². The van der Waals surface area contributed by atoms with E-state index in [0.29, 0.717) is 17.0 Å². The second-order valence-electron chi connectivity index (χ2n) is 7.94. The van der Waals surface area contributed by atoms with Gasteiger partial charge >= 0.3 is 0 Å². The van der Waals surface area contributed by atoms with Crippen molar-refractivity contribution in [3.63, 3.8) is 0 Å². The molecule has 1 heterocycles. The quantitative estimate of drug-likeness (QED) is 0.427. The van der Waals surface area contributed by atoms with E-state index in [1.165, 1.54) is 0 Å². The summed E-state index contributed by atoms with van der Waals surface area (Å²) in [6.45, 7) is 1.85. The minimum Gasteiger partial charge on any atom is -0.497 e. The third-order valence-corrected chi connectivity index (χ3v) is 6.63. The molecule has 0 saturated heterocycles. The zero-order valence-corrected chi connectivity index (χ0v) is 19.9. The molecule has 0 aliphatic heterocycles. The van der Waals surface area contributed by atoms with Crippen molar-refractivity contribution in [1.82, 2.24) is 15.1 Å². The van der Waals surface area contributed by atoms with Crippen molar-refractivity contribution in [1.29, 1.82) is 0 Å². The van der Waals surface area contributed by atoms with Gasteiger partial charge < -0.3 is 10.1 Å². The molecule has 34 heavy (non-hydrogen) atoms. The van der Waals surface area contributed by atoms with Crippen LogP contribution in [0.4, 0.5) is 0 Å². The predicted molar refractivity (Wildman–Crippen MR) is 131 cm³/mol. The molecular weight excluding hydrogens is 450 g/mol. The summed E-state index contributed by atoms with van der Waals surface area (Å²) in [5.74, 6) is 0.427. The summed E-state index contributed by atoms with van der Waals surface area (Å²) in [5, 5.41) is 7.70. The summed E-state index contributed by atoms with van der Waals surface area (Å²) in [5.41, 5.74) is 3.38. The van der Waals surface area contributed by atoms with Crippen LogP contribution >= 0.6 is 0 Å². The lowest BCUT2D eigenvalue weighted by molar-refractivity contribution is 0.0940. The zero-order chi connectivity index (χ0) is 24.3. The minimum atomic E-state index is -3.28. The number of methoxy groups -OCH3 is 1. The first-order valence-corrected chi connectivity index (χ1v) is 12.6. The van der Waals surface area contributed by atoms with Crippen LogP contribution in [-0.4, -0.2) is 37.5 Å². The number of hydrogen-bond donors (Lipinski definition) is 1. The van der Waals surface area contributed by atoms with Gasteiger partial charge in [-0.2, -0.15) is 5.10 Å². The summed E-state index contributed by atoms with van der Waals surface area (Å²) >= 11 is 0. The van der Waals surface area contributed by atoms with Crippen molar-refractivity contribution in [2.24, 2.45) is 0 Å². The molecule has 1 N–H and O–H groups in total. The fourth-order valence-corrected chi connectivity index (χ4v) is 4.21. The number of aromatic nitrogens is 2. The van der Waals surface area contributed by atoms with Crippen LogP contribution < -0.4 is 10.1 Å². The van der Waals surface area contributed by atoms with E-state index in [1.807, 2.05) is 61.5 Å². The number of ether oxygens (including phenoxy) is 1. The van der Waals surface area contributed by atoms with Crippen LogP contribution in [0.1, 0.15) is 28.9 Å². The van der Waals surface area contributed by atoms with E-state index >= 15 is 0 Å². The fraction of sp³-hybridized carbons (Fsp3) is 0.154. The van der Waals surface area contributed by atoms with E-state index in [2.05, 4.69) is 5.32 Å². The van der Waals surface area contributed by atoms with Gasteiger partial charge in [0.2, 0.25) is 0 Å². The number of nitrogens with zero attached hydrogens (tertiary/aromatic N) is 2. The van der Waals surface area contributed by atoms with Crippen LogP contribution in [0.5, 0.6) is 5.75 Å². The Kier molecular flexibility index (Phi) is 6.51. The Balaban J connectivity index is 1.66. The van der Waals surface area contributed by atoms with Crippen molar-refractivity contribution in [2.75, 3.05) is 13.4 Å². The summed E-state index contributed by atoms with van der Waals surface area (Å²) in [6.07, 6.45) is 2.88. The number of carbonyl (C=O) groups excluding carboxylic acids is 1. The second-order valence-corrected chi connectivity index (χ2v) is 9.95. The molecule has 1 atom stereocenters. The monoisotopic (exact) mass is 475 g/mol. The van der Waals surface area contributed by atoms with E-state index in [4.69, 9.17) is 9.84 Å². The molecular formula is C26H25N3O4S. The molecule has 0 aliphatic carbocycles. The van der Waals surface area contributed by atoms with Gasteiger partial charge in [-0.05, 0) is 61.0 Å². The van der Waals surface area contributed by atoms with Gasteiger partial charge in [0.25, 0.3) is 5.91 Å². The maximum atomic E-state index is 13.3. The number of amides is 1. The molecule has 0 aliphatic rings. The standard InChI is InChI=1S/C26H25N3O4S/c1-18(19-11-15-23(16-12-19)34(3,31)32)27-26(30)24-17-29(21-7-5-4-6-8-21)28-25(24)20-9-13-22(33-2)14-10-20/h4-18H,1-3H3,(H,27,30). The average Bonchev–Trinajstić information content (AvgIpc) is 3.30. The minimum absolute atomic E-state index is 0.237. The number of carbonyl (C=O) groups is 1. The first-order valence-electron chi connectivity index (χ1n) is 10.7. The molecule has 8 heteroatoms. The molecule has 0 bridgehead atoms. The Morgan fingerprint density at radius 1 is 0.971 bits per heavy atom. The molecule has 1 unspecified atom stereocenters. The summed E-state index contributed by atoms with van der Waals surface area (Å²) < 4.78 is 30.4. The molecule has 3 aromatic carbocycles. The normalized spacial score (nSPS) is 12.2. The highest BCUT2D eigenvalue weighted by Gasteiger charge is 2.21. The van der Waals surface area contributed by atoms with Gasteiger partial charge in [-0.15, -0.1) is 0 Å². The van der Waals surface area contributed by atoms with E-state index in [1.54, 1.807) is 42.3 Å². The number of benzene rings is 3. The first kappa shape index (κ1) is 23.3. The van der Waals surface area contributed by atoms with Crippen LogP contribution in [-0.2, 0) is 9.84 Å². The van der Waals surface area contributed by atoms with Crippen LogP contribution in [0.3, 0.4) is 0 Å².